The summed E-state index contributed by atoms with van der Waals surface area (Å²) >= 11 is 3.42. The van der Waals surface area contributed by atoms with Crippen LogP contribution in [-0.2, 0) is 16.0 Å². The lowest BCUT2D eigenvalue weighted by atomic mass is 9.88. The molecule has 0 bridgehead atoms. The molecule has 0 heterocycles. The number of Topliss-reactive ketones (excluding diaryl/α,β-unsaturated/α-hetero) is 1. The molecule has 5 heteroatoms. The van der Waals surface area contributed by atoms with Crippen molar-refractivity contribution >= 4 is 27.7 Å². The number of esters is 1. The first-order valence-electron chi connectivity index (χ1n) is 8.12. The molecule has 0 aromatic heterocycles. The van der Waals surface area contributed by atoms with E-state index in [-0.39, 0.29) is 23.2 Å². The first kappa shape index (κ1) is 16.7. The van der Waals surface area contributed by atoms with E-state index in [9.17, 15) is 9.59 Å². The van der Waals surface area contributed by atoms with Crippen LogP contribution in [0.5, 0.6) is 0 Å². The van der Waals surface area contributed by atoms with Gasteiger partial charge in [-0.1, -0.05) is 22.9 Å². The molecule has 1 N–H and O–H groups in total. The minimum atomic E-state index is -0.654. The number of carbonyl (C=O) groups excluding carboxylic acids is 2. The normalized spacial score (nSPS) is 23.1. The van der Waals surface area contributed by atoms with Gasteiger partial charge in [0, 0.05) is 10.0 Å². The summed E-state index contributed by atoms with van der Waals surface area (Å²) in [6.45, 7) is 2.19. The van der Waals surface area contributed by atoms with Crippen LogP contribution < -0.4 is 5.32 Å². The van der Waals surface area contributed by atoms with E-state index in [0.29, 0.717) is 12.0 Å². The fourth-order valence-electron chi connectivity index (χ4n) is 3.15. The number of ether oxygens (including phenoxy) is 1. The van der Waals surface area contributed by atoms with Gasteiger partial charge in [0.1, 0.15) is 6.04 Å². The fourth-order valence-corrected chi connectivity index (χ4v) is 3.56. The van der Waals surface area contributed by atoms with Crippen LogP contribution in [0, 0.1) is 5.41 Å². The molecule has 2 aliphatic rings. The molecule has 0 spiro atoms. The Bertz CT molecular complexity index is 639. The SMILES string of the molecule is CN[C@@H](CC1(C)CC1)C(=O)OC1CCc2cc(Br)ccc2C1=O. The van der Waals surface area contributed by atoms with Gasteiger partial charge >= 0.3 is 5.97 Å². The largest absolute Gasteiger partial charge is 0.453 e. The zero-order valence-corrected chi connectivity index (χ0v) is 15.1. The van der Waals surface area contributed by atoms with Gasteiger partial charge in [-0.2, -0.15) is 0 Å². The Morgan fingerprint density at radius 2 is 2.22 bits per heavy atom. The van der Waals surface area contributed by atoms with Crippen molar-refractivity contribution in [3.8, 4) is 0 Å². The highest BCUT2D eigenvalue weighted by atomic mass is 79.9. The third kappa shape index (κ3) is 3.66. The highest BCUT2D eigenvalue weighted by Crippen LogP contribution is 2.49. The van der Waals surface area contributed by atoms with Gasteiger partial charge in [0.25, 0.3) is 0 Å². The molecule has 1 saturated carbocycles. The molecule has 2 atom stereocenters. The van der Waals surface area contributed by atoms with Gasteiger partial charge in [-0.15, -0.1) is 0 Å². The molecule has 23 heavy (non-hydrogen) atoms. The van der Waals surface area contributed by atoms with Crippen LogP contribution in [-0.4, -0.2) is 30.9 Å². The van der Waals surface area contributed by atoms with Crippen molar-refractivity contribution in [2.45, 2.75) is 51.2 Å². The van der Waals surface area contributed by atoms with Crippen molar-refractivity contribution in [1.82, 2.24) is 5.32 Å². The van der Waals surface area contributed by atoms with Crippen LogP contribution in [0.1, 0.15) is 48.5 Å². The molecule has 0 aliphatic heterocycles. The number of rotatable bonds is 5. The Balaban J connectivity index is 1.67. The monoisotopic (exact) mass is 379 g/mol. The Kier molecular flexibility index (Phi) is 4.61. The van der Waals surface area contributed by atoms with Crippen molar-refractivity contribution < 1.29 is 14.3 Å². The van der Waals surface area contributed by atoms with E-state index >= 15 is 0 Å². The van der Waals surface area contributed by atoms with E-state index in [0.717, 1.165) is 35.7 Å². The fraction of sp³-hybridized carbons (Fsp3) is 0.556. The topological polar surface area (TPSA) is 55.4 Å². The summed E-state index contributed by atoms with van der Waals surface area (Å²) < 4.78 is 6.52. The summed E-state index contributed by atoms with van der Waals surface area (Å²) in [4.78, 5) is 25.0. The number of aryl methyl sites for hydroxylation is 1. The van der Waals surface area contributed by atoms with E-state index in [1.165, 1.54) is 0 Å². The van der Waals surface area contributed by atoms with Gasteiger partial charge in [-0.05, 0) is 68.3 Å². The number of benzene rings is 1. The number of likely N-dealkylation sites (N-methyl/N-ethyl adjacent to an activating group) is 1. The summed E-state index contributed by atoms with van der Waals surface area (Å²) in [5.41, 5.74) is 1.95. The molecule has 124 valence electrons. The molecule has 3 rings (SSSR count). The first-order chi connectivity index (χ1) is 10.9. The van der Waals surface area contributed by atoms with Crippen molar-refractivity contribution in [3.63, 3.8) is 0 Å². The minimum Gasteiger partial charge on any atom is -0.453 e. The summed E-state index contributed by atoms with van der Waals surface area (Å²) in [7, 11) is 1.77. The van der Waals surface area contributed by atoms with E-state index in [1.54, 1.807) is 7.05 Å². The zero-order valence-electron chi connectivity index (χ0n) is 13.5. The smallest absolute Gasteiger partial charge is 0.323 e. The third-order valence-corrected chi connectivity index (χ3v) is 5.49. The maximum atomic E-state index is 12.6. The Morgan fingerprint density at radius 3 is 2.87 bits per heavy atom. The van der Waals surface area contributed by atoms with Gasteiger partial charge < -0.3 is 10.1 Å². The number of fused-ring (bicyclic) bond motifs is 1. The molecule has 1 unspecified atom stereocenters. The molecular formula is C18H22BrNO3. The number of ketones is 1. The van der Waals surface area contributed by atoms with Gasteiger partial charge in [-0.3, -0.25) is 9.59 Å². The molecule has 0 radical (unpaired) electrons. The van der Waals surface area contributed by atoms with Crippen LogP contribution >= 0.6 is 15.9 Å². The molecule has 0 amide bonds. The molecule has 1 aromatic carbocycles. The van der Waals surface area contributed by atoms with Gasteiger partial charge in [-0.25, -0.2) is 0 Å². The Hall–Kier alpha value is -1.20. The van der Waals surface area contributed by atoms with Crippen LogP contribution in [0.25, 0.3) is 0 Å². The van der Waals surface area contributed by atoms with E-state index in [2.05, 4.69) is 28.2 Å². The lowest BCUT2D eigenvalue weighted by molar-refractivity contribution is -0.150. The first-order valence-corrected chi connectivity index (χ1v) is 8.91. The van der Waals surface area contributed by atoms with Gasteiger partial charge in [0.2, 0.25) is 5.78 Å². The quantitative estimate of drug-likeness (QED) is 0.797. The van der Waals surface area contributed by atoms with Crippen LogP contribution in [0.4, 0.5) is 0 Å². The van der Waals surface area contributed by atoms with Crippen LogP contribution in [0.2, 0.25) is 0 Å². The second kappa shape index (κ2) is 6.36. The summed E-state index contributed by atoms with van der Waals surface area (Å²) in [6, 6.07) is 5.30. The number of carbonyl (C=O) groups is 2. The zero-order chi connectivity index (χ0) is 16.6. The summed E-state index contributed by atoms with van der Waals surface area (Å²) in [5, 5.41) is 3.04. The highest BCUT2D eigenvalue weighted by Gasteiger charge is 2.42. The molecular weight excluding hydrogens is 358 g/mol. The molecule has 1 aromatic rings. The van der Waals surface area contributed by atoms with Gasteiger partial charge in [0.15, 0.2) is 6.10 Å². The van der Waals surface area contributed by atoms with E-state index < -0.39 is 6.10 Å². The average Bonchev–Trinajstić information content (AvgIpc) is 3.25. The standard InChI is InChI=1S/C18H22BrNO3/c1-18(7-8-18)10-14(20-2)17(22)23-15-6-3-11-9-12(19)4-5-13(11)16(15)21/h4-5,9,14-15,20H,3,6-8,10H2,1-2H3/t14-,15?/m0/s1. The Morgan fingerprint density at radius 1 is 1.48 bits per heavy atom. The molecule has 2 aliphatic carbocycles. The van der Waals surface area contributed by atoms with Crippen molar-refractivity contribution in [2.75, 3.05) is 7.05 Å². The molecule has 0 saturated heterocycles. The van der Waals surface area contributed by atoms with E-state index in [1.807, 2.05) is 18.2 Å². The van der Waals surface area contributed by atoms with Crippen molar-refractivity contribution in [3.05, 3.63) is 33.8 Å². The van der Waals surface area contributed by atoms with Crippen LogP contribution in [0.3, 0.4) is 0 Å². The van der Waals surface area contributed by atoms with Crippen molar-refractivity contribution in [1.29, 1.82) is 0 Å². The minimum absolute atomic E-state index is 0.0837. The van der Waals surface area contributed by atoms with E-state index in [4.69, 9.17) is 4.74 Å². The second-order valence-corrected chi connectivity index (χ2v) is 7.90. The summed E-state index contributed by atoms with van der Waals surface area (Å²) in [5.74, 6) is -0.390. The average molecular weight is 380 g/mol. The number of hydrogen-bond donors (Lipinski definition) is 1. The highest BCUT2D eigenvalue weighted by molar-refractivity contribution is 9.10. The molecule has 4 nitrogen and oxygen atoms in total. The number of nitrogens with one attached hydrogen (secondary N) is 1. The third-order valence-electron chi connectivity index (χ3n) is 4.99. The number of halogens is 1. The van der Waals surface area contributed by atoms with Gasteiger partial charge in [0.05, 0.1) is 0 Å². The predicted molar refractivity (Wildman–Crippen MR) is 91.5 cm³/mol. The lowest BCUT2D eigenvalue weighted by Gasteiger charge is -2.26. The van der Waals surface area contributed by atoms with Crippen LogP contribution in [0.15, 0.2) is 22.7 Å². The van der Waals surface area contributed by atoms with Crippen molar-refractivity contribution in [2.24, 2.45) is 5.41 Å². The predicted octanol–water partition coefficient (Wildman–Crippen LogP) is 3.27. The summed E-state index contributed by atoms with van der Waals surface area (Å²) in [6.07, 6.45) is 3.74. The maximum Gasteiger partial charge on any atom is 0.323 e. The maximum absolute atomic E-state index is 12.6. The lowest BCUT2D eigenvalue weighted by Crippen LogP contribution is -2.42. The molecule has 1 fully saturated rings. The second-order valence-electron chi connectivity index (χ2n) is 6.99. The Labute approximate surface area is 145 Å². The number of hydrogen-bond acceptors (Lipinski definition) is 4.